The first-order valence-electron chi connectivity index (χ1n) is 10.2. The summed E-state index contributed by atoms with van der Waals surface area (Å²) < 4.78 is 1.40. The van der Waals surface area contributed by atoms with Crippen molar-refractivity contribution in [3.63, 3.8) is 0 Å². The molecule has 162 valence electrons. The van der Waals surface area contributed by atoms with Crippen molar-refractivity contribution >= 4 is 29.3 Å². The van der Waals surface area contributed by atoms with Crippen LogP contribution in [0.15, 0.2) is 59.5 Å². The van der Waals surface area contributed by atoms with E-state index in [4.69, 9.17) is 0 Å². The number of rotatable bonds is 1. The zero-order chi connectivity index (χ0) is 22.8. The van der Waals surface area contributed by atoms with E-state index in [0.29, 0.717) is 17.0 Å². The second kappa shape index (κ2) is 6.74. The van der Waals surface area contributed by atoms with Crippen LogP contribution in [0.25, 0.3) is 5.65 Å². The van der Waals surface area contributed by atoms with Gasteiger partial charge in [-0.2, -0.15) is 0 Å². The van der Waals surface area contributed by atoms with Gasteiger partial charge in [-0.3, -0.25) is 28.6 Å². The molecule has 9 nitrogen and oxygen atoms in total. The lowest BCUT2D eigenvalue weighted by Crippen LogP contribution is -2.68. The van der Waals surface area contributed by atoms with Crippen molar-refractivity contribution in [2.75, 3.05) is 26.0 Å². The van der Waals surface area contributed by atoms with Crippen molar-refractivity contribution < 1.29 is 14.4 Å². The first kappa shape index (κ1) is 19.9. The molecule has 2 aliphatic rings. The largest absolute Gasteiger partial charge is 0.351 e. The maximum Gasteiger partial charge on any atom is 0.332 e. The minimum Gasteiger partial charge on any atom is -0.351 e. The van der Waals surface area contributed by atoms with Crippen LogP contribution in [-0.4, -0.2) is 58.2 Å². The number of pyridine rings is 1. The maximum absolute atomic E-state index is 13.7. The Bertz CT molecular complexity index is 1330. The van der Waals surface area contributed by atoms with Crippen molar-refractivity contribution in [3.8, 4) is 0 Å². The number of amides is 4. The smallest absolute Gasteiger partial charge is 0.332 e. The number of urea groups is 1. The van der Waals surface area contributed by atoms with E-state index in [-0.39, 0.29) is 17.5 Å². The SMILES string of the molecule is CN1C(=O)N(C)C(=O)C2(Cc3c(nc4ccccn4c3=O)N(C)[C@@H]2c2ccccc2)C1=O. The fourth-order valence-electron chi connectivity index (χ4n) is 5.01. The van der Waals surface area contributed by atoms with E-state index >= 15 is 0 Å². The summed E-state index contributed by atoms with van der Waals surface area (Å²) in [5.41, 5.74) is -0.581. The number of anilines is 1. The Hall–Kier alpha value is -4.01. The van der Waals surface area contributed by atoms with Crippen LogP contribution in [0.2, 0.25) is 0 Å². The summed E-state index contributed by atoms with van der Waals surface area (Å²) in [6.07, 6.45) is 1.45. The highest BCUT2D eigenvalue weighted by Crippen LogP contribution is 2.50. The van der Waals surface area contributed by atoms with E-state index in [1.165, 1.54) is 18.5 Å². The average Bonchev–Trinajstić information content (AvgIpc) is 2.82. The number of carbonyl (C=O) groups is 3. The molecule has 4 heterocycles. The topological polar surface area (TPSA) is 95.3 Å². The molecule has 1 spiro atoms. The molecule has 0 unspecified atom stereocenters. The molecule has 32 heavy (non-hydrogen) atoms. The highest BCUT2D eigenvalue weighted by molar-refractivity contribution is 6.20. The van der Waals surface area contributed by atoms with E-state index < -0.39 is 29.3 Å². The zero-order valence-corrected chi connectivity index (χ0v) is 17.8. The van der Waals surface area contributed by atoms with Gasteiger partial charge >= 0.3 is 6.03 Å². The highest BCUT2D eigenvalue weighted by atomic mass is 16.2. The summed E-state index contributed by atoms with van der Waals surface area (Å²) in [5, 5.41) is 0. The van der Waals surface area contributed by atoms with Gasteiger partial charge in [0.2, 0.25) is 11.8 Å². The summed E-state index contributed by atoms with van der Waals surface area (Å²) in [5.74, 6) is -0.840. The van der Waals surface area contributed by atoms with Crippen LogP contribution >= 0.6 is 0 Å². The van der Waals surface area contributed by atoms with Gasteiger partial charge in [0.1, 0.15) is 11.5 Å². The third-order valence-corrected chi connectivity index (χ3v) is 6.51. The molecule has 5 rings (SSSR count). The Labute approximate surface area is 183 Å². The number of hydrogen-bond acceptors (Lipinski definition) is 6. The number of nitrogens with zero attached hydrogens (tertiary/aromatic N) is 5. The van der Waals surface area contributed by atoms with Crippen LogP contribution < -0.4 is 10.5 Å². The molecule has 0 saturated carbocycles. The normalized spacial score (nSPS) is 20.3. The summed E-state index contributed by atoms with van der Waals surface area (Å²) >= 11 is 0. The summed E-state index contributed by atoms with van der Waals surface area (Å²) in [6.45, 7) is 0. The van der Waals surface area contributed by atoms with Gasteiger partial charge in [0.15, 0.2) is 5.41 Å². The summed E-state index contributed by atoms with van der Waals surface area (Å²) in [4.78, 5) is 61.6. The molecule has 3 aromatic rings. The second-order valence-electron chi connectivity index (χ2n) is 8.23. The minimum atomic E-state index is -1.69. The number of barbiturate groups is 1. The number of benzene rings is 1. The van der Waals surface area contributed by atoms with Crippen LogP contribution in [0.4, 0.5) is 10.6 Å². The predicted octanol–water partition coefficient (Wildman–Crippen LogP) is 1.46. The first-order valence-corrected chi connectivity index (χ1v) is 10.2. The number of carbonyl (C=O) groups excluding carboxylic acids is 3. The fraction of sp³-hybridized carbons (Fsp3) is 0.261. The molecule has 1 atom stereocenters. The molecule has 1 fully saturated rings. The van der Waals surface area contributed by atoms with Crippen molar-refractivity contribution in [3.05, 3.63) is 76.2 Å². The second-order valence-corrected chi connectivity index (χ2v) is 8.23. The number of fused-ring (bicyclic) bond motifs is 2. The Morgan fingerprint density at radius 1 is 0.875 bits per heavy atom. The molecule has 9 heteroatoms. The quantitative estimate of drug-likeness (QED) is 0.542. The standard InChI is InChI=1S/C23H21N5O4/c1-25-17(14-9-5-4-6-10-14)23(20(30)26(2)22(32)27(3)21(23)31)13-15-18(25)24-16-11-7-8-12-28(16)19(15)29/h4-12,17H,13H2,1-3H3/t17-/m1/s1. The van der Waals surface area contributed by atoms with Crippen molar-refractivity contribution in [1.82, 2.24) is 19.2 Å². The summed E-state index contributed by atoms with van der Waals surface area (Å²) in [7, 11) is 4.44. The molecule has 1 aromatic carbocycles. The van der Waals surface area contributed by atoms with E-state index in [2.05, 4.69) is 4.98 Å². The van der Waals surface area contributed by atoms with Crippen molar-refractivity contribution in [2.45, 2.75) is 12.5 Å². The van der Waals surface area contributed by atoms with Gasteiger partial charge < -0.3 is 4.90 Å². The lowest BCUT2D eigenvalue weighted by molar-refractivity contribution is -0.159. The van der Waals surface area contributed by atoms with Gasteiger partial charge in [-0.25, -0.2) is 9.78 Å². The molecule has 4 amide bonds. The van der Waals surface area contributed by atoms with Crippen LogP contribution in [0.1, 0.15) is 17.2 Å². The Morgan fingerprint density at radius 3 is 2.16 bits per heavy atom. The highest BCUT2D eigenvalue weighted by Gasteiger charge is 2.63. The number of imide groups is 2. The molecule has 0 aliphatic carbocycles. The molecular formula is C23H21N5O4. The third kappa shape index (κ3) is 2.41. The van der Waals surface area contributed by atoms with Gasteiger partial charge in [0.05, 0.1) is 11.6 Å². The third-order valence-electron chi connectivity index (χ3n) is 6.51. The lowest BCUT2D eigenvalue weighted by atomic mass is 9.67. The first-order chi connectivity index (χ1) is 15.3. The number of aromatic nitrogens is 2. The van der Waals surface area contributed by atoms with E-state index in [1.54, 1.807) is 36.3 Å². The Kier molecular flexibility index (Phi) is 4.20. The van der Waals surface area contributed by atoms with Crippen LogP contribution in [0.3, 0.4) is 0 Å². The van der Waals surface area contributed by atoms with Gasteiger partial charge in [-0.15, -0.1) is 0 Å². The molecular weight excluding hydrogens is 410 g/mol. The molecule has 1 saturated heterocycles. The van der Waals surface area contributed by atoms with Gasteiger partial charge in [0.25, 0.3) is 5.56 Å². The van der Waals surface area contributed by atoms with Crippen LogP contribution in [0, 0.1) is 5.41 Å². The van der Waals surface area contributed by atoms with Crippen molar-refractivity contribution in [1.29, 1.82) is 0 Å². The Balaban J connectivity index is 1.85. The lowest BCUT2D eigenvalue weighted by Gasteiger charge is -2.51. The van der Waals surface area contributed by atoms with E-state index in [9.17, 15) is 19.2 Å². The predicted molar refractivity (Wildman–Crippen MR) is 116 cm³/mol. The molecule has 2 aliphatic heterocycles. The molecule has 0 N–H and O–H groups in total. The van der Waals surface area contributed by atoms with Gasteiger partial charge in [0, 0.05) is 33.8 Å². The zero-order valence-electron chi connectivity index (χ0n) is 17.8. The molecule has 2 aromatic heterocycles. The minimum absolute atomic E-state index is 0.157. The Morgan fingerprint density at radius 2 is 1.50 bits per heavy atom. The maximum atomic E-state index is 13.7. The molecule has 0 bridgehead atoms. The van der Waals surface area contributed by atoms with Crippen LogP contribution in [-0.2, 0) is 16.0 Å². The monoisotopic (exact) mass is 431 g/mol. The van der Waals surface area contributed by atoms with Crippen molar-refractivity contribution in [2.24, 2.45) is 5.41 Å². The van der Waals surface area contributed by atoms with Gasteiger partial charge in [-0.05, 0) is 17.7 Å². The van der Waals surface area contributed by atoms with Gasteiger partial charge in [-0.1, -0.05) is 36.4 Å². The average molecular weight is 431 g/mol. The van der Waals surface area contributed by atoms with Crippen LogP contribution in [0.5, 0.6) is 0 Å². The number of hydrogen-bond donors (Lipinski definition) is 0. The fourth-order valence-corrected chi connectivity index (χ4v) is 5.01. The summed E-state index contributed by atoms with van der Waals surface area (Å²) in [6, 6.07) is 12.9. The van der Waals surface area contributed by atoms with E-state index in [1.807, 2.05) is 30.3 Å². The molecule has 0 radical (unpaired) electrons. The van der Waals surface area contributed by atoms with E-state index in [0.717, 1.165) is 9.80 Å².